The number of benzene rings is 1. The Labute approximate surface area is 202 Å². The summed E-state index contributed by atoms with van der Waals surface area (Å²) < 4.78 is 23.5. The fourth-order valence-corrected chi connectivity index (χ4v) is 5.18. The molecule has 1 aromatic carbocycles. The maximum absolute atomic E-state index is 13.7. The Hall–Kier alpha value is -3.42. The Kier molecular flexibility index (Phi) is 6.21. The smallest absolute Gasteiger partial charge is 0.332 e. The van der Waals surface area contributed by atoms with Crippen LogP contribution in [0.5, 0.6) is 0 Å². The first-order valence-corrected chi connectivity index (χ1v) is 11.9. The summed E-state index contributed by atoms with van der Waals surface area (Å²) in [5.41, 5.74) is -0.0344. The van der Waals surface area contributed by atoms with Gasteiger partial charge in [0, 0.05) is 40.3 Å². The van der Waals surface area contributed by atoms with Crippen LogP contribution in [0.25, 0.3) is 21.4 Å². The molecule has 4 heterocycles. The second-order valence-corrected chi connectivity index (χ2v) is 9.37. The lowest BCUT2D eigenvalue weighted by Crippen LogP contribution is -2.44. The van der Waals surface area contributed by atoms with Gasteiger partial charge in [-0.2, -0.15) is 0 Å². The molecule has 184 valence electrons. The summed E-state index contributed by atoms with van der Waals surface area (Å²) in [6.07, 6.45) is 1.39. The fourth-order valence-electron chi connectivity index (χ4n) is 4.14. The number of carbonyl (C=O) groups excluding carboxylic acids is 1. The van der Waals surface area contributed by atoms with Crippen LogP contribution in [-0.4, -0.2) is 73.9 Å². The van der Waals surface area contributed by atoms with Gasteiger partial charge in [-0.15, -0.1) is 0 Å². The van der Waals surface area contributed by atoms with E-state index in [2.05, 4.69) is 14.9 Å². The van der Waals surface area contributed by atoms with E-state index in [1.54, 1.807) is 11.0 Å². The minimum absolute atomic E-state index is 0.169. The van der Waals surface area contributed by atoms with Crippen LogP contribution >= 0.6 is 11.3 Å². The molecule has 11 nitrogen and oxygen atoms in total. The Morgan fingerprint density at radius 2 is 1.97 bits per heavy atom. The molecule has 1 amide bonds. The minimum atomic E-state index is -0.524. The van der Waals surface area contributed by atoms with Crippen LogP contribution in [0.15, 0.2) is 34.1 Å². The number of imidazole rings is 1. The van der Waals surface area contributed by atoms with Gasteiger partial charge in [-0.3, -0.25) is 28.5 Å². The monoisotopic (exact) mass is 501 g/mol. The van der Waals surface area contributed by atoms with Crippen molar-refractivity contribution in [3.8, 4) is 0 Å². The first-order chi connectivity index (χ1) is 16.8. The van der Waals surface area contributed by atoms with Gasteiger partial charge in [-0.05, 0) is 18.2 Å². The SMILES string of the molecule is Cn1c(=O)c2c(ncn2CC(=O)N(CCN2CCOCC2)c2nc3ccc(F)cc3s2)n(C)c1=O. The number of hydrogen-bond acceptors (Lipinski definition) is 8. The Morgan fingerprint density at radius 1 is 1.20 bits per heavy atom. The largest absolute Gasteiger partial charge is 0.379 e. The van der Waals surface area contributed by atoms with Gasteiger partial charge in [-0.25, -0.2) is 19.2 Å². The highest BCUT2D eigenvalue weighted by molar-refractivity contribution is 7.22. The normalized spacial score (nSPS) is 14.7. The lowest BCUT2D eigenvalue weighted by molar-refractivity contribution is -0.119. The summed E-state index contributed by atoms with van der Waals surface area (Å²) in [7, 11) is 2.91. The molecule has 5 rings (SSSR count). The van der Waals surface area contributed by atoms with E-state index in [4.69, 9.17) is 4.74 Å². The number of aryl methyl sites for hydroxylation is 1. The van der Waals surface area contributed by atoms with Crippen molar-refractivity contribution < 1.29 is 13.9 Å². The van der Waals surface area contributed by atoms with Crippen molar-refractivity contribution in [3.05, 3.63) is 51.2 Å². The third-order valence-electron chi connectivity index (χ3n) is 6.14. The van der Waals surface area contributed by atoms with Crippen molar-refractivity contribution in [1.82, 2.24) is 28.6 Å². The highest BCUT2D eigenvalue weighted by Crippen LogP contribution is 2.29. The molecule has 3 aromatic heterocycles. The van der Waals surface area contributed by atoms with Crippen molar-refractivity contribution in [2.45, 2.75) is 6.54 Å². The number of aromatic nitrogens is 5. The van der Waals surface area contributed by atoms with Gasteiger partial charge in [0.05, 0.1) is 29.8 Å². The summed E-state index contributed by atoms with van der Waals surface area (Å²) in [4.78, 5) is 51.1. The zero-order chi connectivity index (χ0) is 24.7. The standard InChI is InChI=1S/C22H24FN7O4S/c1-26-19-18(20(32)27(2)22(26)33)29(13-24-19)12-17(31)30(6-5-28-7-9-34-10-8-28)21-25-15-4-3-14(23)11-16(15)35-21/h3-4,11,13H,5-10,12H2,1-2H3. The number of thiazole rings is 1. The van der Waals surface area contributed by atoms with Crippen molar-refractivity contribution >= 4 is 43.8 Å². The van der Waals surface area contributed by atoms with E-state index in [-0.39, 0.29) is 29.4 Å². The Bertz CT molecular complexity index is 1530. The fraction of sp³-hybridized carbons (Fsp3) is 0.409. The van der Waals surface area contributed by atoms with Crippen LogP contribution in [0.4, 0.5) is 9.52 Å². The lowest BCUT2D eigenvalue weighted by atomic mass is 10.3. The molecule has 1 saturated heterocycles. The minimum Gasteiger partial charge on any atom is -0.379 e. The Balaban J connectivity index is 1.48. The van der Waals surface area contributed by atoms with Crippen LogP contribution in [0.2, 0.25) is 0 Å². The predicted octanol–water partition coefficient (Wildman–Crippen LogP) is 0.548. The summed E-state index contributed by atoms with van der Waals surface area (Å²) in [6, 6.07) is 4.32. The summed E-state index contributed by atoms with van der Waals surface area (Å²) >= 11 is 1.24. The molecule has 0 N–H and O–H groups in total. The molecule has 0 unspecified atom stereocenters. The van der Waals surface area contributed by atoms with E-state index in [1.807, 2.05) is 0 Å². The maximum atomic E-state index is 13.7. The van der Waals surface area contributed by atoms with Crippen molar-refractivity contribution in [2.24, 2.45) is 14.1 Å². The zero-order valence-electron chi connectivity index (χ0n) is 19.3. The number of nitrogens with zero attached hydrogens (tertiary/aromatic N) is 7. The molecule has 1 aliphatic heterocycles. The Morgan fingerprint density at radius 3 is 2.74 bits per heavy atom. The molecule has 0 bridgehead atoms. The molecule has 1 aliphatic rings. The van der Waals surface area contributed by atoms with E-state index in [1.165, 1.54) is 53.0 Å². The van der Waals surface area contributed by atoms with Gasteiger partial charge in [0.2, 0.25) is 5.91 Å². The molecule has 0 saturated carbocycles. The van der Waals surface area contributed by atoms with Gasteiger partial charge < -0.3 is 9.30 Å². The summed E-state index contributed by atoms with van der Waals surface area (Å²) in [5.74, 6) is -0.668. The zero-order valence-corrected chi connectivity index (χ0v) is 20.1. The third-order valence-corrected chi connectivity index (χ3v) is 7.18. The van der Waals surface area contributed by atoms with Gasteiger partial charge in [-0.1, -0.05) is 11.3 Å². The van der Waals surface area contributed by atoms with Gasteiger partial charge >= 0.3 is 5.69 Å². The highest BCUT2D eigenvalue weighted by atomic mass is 32.1. The molecule has 35 heavy (non-hydrogen) atoms. The number of fused-ring (bicyclic) bond motifs is 2. The number of halogens is 1. The quantitative estimate of drug-likeness (QED) is 0.380. The molecule has 1 fully saturated rings. The first-order valence-electron chi connectivity index (χ1n) is 11.1. The second kappa shape index (κ2) is 9.32. The molecular formula is C22H24FN7O4S. The van der Waals surface area contributed by atoms with Crippen LogP contribution < -0.4 is 16.1 Å². The molecule has 4 aromatic rings. The number of ether oxygens (including phenoxy) is 1. The molecule has 0 aliphatic carbocycles. The number of amides is 1. The molecule has 0 atom stereocenters. The van der Waals surface area contributed by atoms with Gasteiger partial charge in [0.1, 0.15) is 12.4 Å². The van der Waals surface area contributed by atoms with E-state index in [0.29, 0.717) is 41.7 Å². The maximum Gasteiger partial charge on any atom is 0.332 e. The first kappa shape index (κ1) is 23.3. The van der Waals surface area contributed by atoms with Crippen molar-refractivity contribution in [1.29, 1.82) is 0 Å². The van der Waals surface area contributed by atoms with Crippen LogP contribution in [0, 0.1) is 5.82 Å². The molecule has 13 heteroatoms. The predicted molar refractivity (Wildman–Crippen MR) is 129 cm³/mol. The lowest BCUT2D eigenvalue weighted by Gasteiger charge is -2.29. The van der Waals surface area contributed by atoms with Gasteiger partial charge in [0.15, 0.2) is 16.3 Å². The molecular weight excluding hydrogens is 477 g/mol. The number of morpholine rings is 1. The van der Waals surface area contributed by atoms with E-state index in [0.717, 1.165) is 17.7 Å². The number of anilines is 1. The summed E-state index contributed by atoms with van der Waals surface area (Å²) in [6.45, 7) is 3.61. The van der Waals surface area contributed by atoms with E-state index < -0.39 is 11.2 Å². The van der Waals surface area contributed by atoms with Crippen LogP contribution in [0.3, 0.4) is 0 Å². The average Bonchev–Trinajstić information content (AvgIpc) is 3.46. The second-order valence-electron chi connectivity index (χ2n) is 8.36. The van der Waals surface area contributed by atoms with Gasteiger partial charge in [0.25, 0.3) is 5.56 Å². The number of carbonyl (C=O) groups is 1. The van der Waals surface area contributed by atoms with Crippen molar-refractivity contribution in [2.75, 3.05) is 44.3 Å². The van der Waals surface area contributed by atoms with Crippen LogP contribution in [-0.2, 0) is 30.2 Å². The highest BCUT2D eigenvalue weighted by Gasteiger charge is 2.24. The molecule has 0 spiro atoms. The average molecular weight is 502 g/mol. The summed E-state index contributed by atoms with van der Waals surface area (Å²) in [5, 5.41) is 0.452. The third kappa shape index (κ3) is 4.37. The van der Waals surface area contributed by atoms with Crippen LogP contribution in [0.1, 0.15) is 0 Å². The number of hydrogen-bond donors (Lipinski definition) is 0. The molecule has 0 radical (unpaired) electrons. The van der Waals surface area contributed by atoms with E-state index in [9.17, 15) is 18.8 Å². The van der Waals surface area contributed by atoms with Crippen molar-refractivity contribution in [3.63, 3.8) is 0 Å². The van der Waals surface area contributed by atoms with E-state index >= 15 is 0 Å². The number of rotatable bonds is 6. The topological polar surface area (TPSA) is 107 Å².